The number of nitrogen functional groups attached to an aromatic ring is 1. The molecular weight excluding hydrogens is 254 g/mol. The second kappa shape index (κ2) is 3.76. The lowest BCUT2D eigenvalue weighted by molar-refractivity contribution is -0.907. The van der Waals surface area contributed by atoms with Gasteiger partial charge in [-0.1, -0.05) is 0 Å². The summed E-state index contributed by atoms with van der Waals surface area (Å²) in [7, 11) is 4.52. The van der Waals surface area contributed by atoms with Crippen molar-refractivity contribution in [3.8, 4) is 0 Å². The fraction of sp³-hybridized carbons (Fsp3) is 0.545. The number of likely N-dealkylation sites (tertiary alicyclic amines) is 1. The maximum atomic E-state index is 5.95. The Kier molecular flexibility index (Phi) is 2.73. The summed E-state index contributed by atoms with van der Waals surface area (Å²) >= 11 is 3.46. The summed E-state index contributed by atoms with van der Waals surface area (Å²) in [5, 5.41) is 0. The molecule has 0 aliphatic carbocycles. The number of hydrogen-bond acceptors (Lipinski definition) is 2. The maximum Gasteiger partial charge on any atom is 0.132 e. The summed E-state index contributed by atoms with van der Waals surface area (Å²) in [5.41, 5.74) is 7.14. The molecule has 1 fully saturated rings. The standard InChI is InChI=1S/C11H17BrN3/c1-15(2)5-3-4-10(15)9-6-8(12)7-14-11(9)13/h6-7,10H,3-5H2,1-2H3,(H2,13,14)/q+1/t10-/m0/s1. The van der Waals surface area contributed by atoms with Gasteiger partial charge in [0.25, 0.3) is 0 Å². The van der Waals surface area contributed by atoms with E-state index < -0.39 is 0 Å². The molecule has 1 aliphatic rings. The highest BCUT2D eigenvalue weighted by atomic mass is 79.9. The minimum Gasteiger partial charge on any atom is -0.383 e. The van der Waals surface area contributed by atoms with Crippen molar-refractivity contribution in [2.45, 2.75) is 18.9 Å². The molecule has 0 saturated carbocycles. The second-order valence-corrected chi connectivity index (χ2v) is 5.70. The van der Waals surface area contributed by atoms with Crippen molar-refractivity contribution in [1.82, 2.24) is 4.98 Å². The molecule has 1 aromatic rings. The van der Waals surface area contributed by atoms with Crippen LogP contribution in [0, 0.1) is 0 Å². The van der Waals surface area contributed by atoms with E-state index in [1.54, 1.807) is 6.20 Å². The van der Waals surface area contributed by atoms with E-state index in [1.807, 2.05) is 0 Å². The van der Waals surface area contributed by atoms with Gasteiger partial charge in [-0.25, -0.2) is 4.98 Å². The molecule has 1 aromatic heterocycles. The highest BCUT2D eigenvalue weighted by Gasteiger charge is 2.36. The third-order valence-electron chi connectivity index (χ3n) is 3.33. The quantitative estimate of drug-likeness (QED) is 0.796. The molecule has 82 valence electrons. The number of nitrogens with zero attached hydrogens (tertiary/aromatic N) is 2. The Hall–Kier alpha value is -0.610. The van der Waals surface area contributed by atoms with Crippen LogP contribution in [-0.4, -0.2) is 30.1 Å². The van der Waals surface area contributed by atoms with Crippen LogP contribution in [0.1, 0.15) is 24.4 Å². The van der Waals surface area contributed by atoms with Gasteiger partial charge < -0.3 is 10.2 Å². The van der Waals surface area contributed by atoms with Gasteiger partial charge in [-0.05, 0) is 22.0 Å². The van der Waals surface area contributed by atoms with Crippen LogP contribution in [0.3, 0.4) is 0 Å². The first-order chi connectivity index (χ1) is 7.00. The zero-order valence-corrected chi connectivity index (χ0v) is 10.8. The van der Waals surface area contributed by atoms with Gasteiger partial charge in [0.1, 0.15) is 11.9 Å². The predicted octanol–water partition coefficient (Wildman–Crippen LogP) is 2.34. The number of halogens is 1. The zero-order valence-electron chi connectivity index (χ0n) is 9.20. The van der Waals surface area contributed by atoms with Gasteiger partial charge in [-0.2, -0.15) is 0 Å². The molecular formula is C11H17BrN3+. The fourth-order valence-electron chi connectivity index (χ4n) is 2.46. The Morgan fingerprint density at radius 2 is 2.27 bits per heavy atom. The molecule has 0 unspecified atom stereocenters. The number of aromatic nitrogens is 1. The summed E-state index contributed by atoms with van der Waals surface area (Å²) < 4.78 is 2.03. The first kappa shape index (κ1) is 10.9. The number of hydrogen-bond donors (Lipinski definition) is 1. The Bertz CT molecular complexity index is 376. The van der Waals surface area contributed by atoms with Gasteiger partial charge in [0.05, 0.1) is 26.2 Å². The van der Waals surface area contributed by atoms with Crippen LogP contribution >= 0.6 is 15.9 Å². The van der Waals surface area contributed by atoms with Crippen LogP contribution in [0.4, 0.5) is 5.82 Å². The average Bonchev–Trinajstić information content (AvgIpc) is 2.50. The Morgan fingerprint density at radius 3 is 2.87 bits per heavy atom. The second-order valence-electron chi connectivity index (χ2n) is 4.79. The van der Waals surface area contributed by atoms with Crippen molar-refractivity contribution in [2.75, 3.05) is 26.4 Å². The van der Waals surface area contributed by atoms with Gasteiger partial charge in [0.15, 0.2) is 0 Å². The van der Waals surface area contributed by atoms with Crippen molar-refractivity contribution in [1.29, 1.82) is 0 Å². The van der Waals surface area contributed by atoms with E-state index in [9.17, 15) is 0 Å². The third kappa shape index (κ3) is 2.01. The predicted molar refractivity (Wildman–Crippen MR) is 65.3 cm³/mol. The molecule has 1 atom stereocenters. The Balaban J connectivity index is 2.40. The lowest BCUT2D eigenvalue weighted by Crippen LogP contribution is -2.38. The largest absolute Gasteiger partial charge is 0.383 e. The summed E-state index contributed by atoms with van der Waals surface area (Å²) in [6, 6.07) is 2.60. The van der Waals surface area contributed by atoms with Crippen LogP contribution in [0.2, 0.25) is 0 Å². The number of pyridine rings is 1. The lowest BCUT2D eigenvalue weighted by Gasteiger charge is -2.32. The fourth-order valence-corrected chi connectivity index (χ4v) is 2.81. The van der Waals surface area contributed by atoms with Crippen LogP contribution in [0.25, 0.3) is 0 Å². The highest BCUT2D eigenvalue weighted by molar-refractivity contribution is 9.10. The topological polar surface area (TPSA) is 38.9 Å². The minimum absolute atomic E-state index is 0.495. The number of nitrogens with two attached hydrogens (primary N) is 1. The lowest BCUT2D eigenvalue weighted by atomic mass is 10.0. The van der Waals surface area contributed by atoms with Crippen molar-refractivity contribution < 1.29 is 4.48 Å². The molecule has 2 heterocycles. The molecule has 2 N–H and O–H groups in total. The molecule has 1 aliphatic heterocycles. The van der Waals surface area contributed by atoms with Crippen LogP contribution in [0.5, 0.6) is 0 Å². The SMILES string of the molecule is C[N+]1(C)CCC[C@H]1c1cc(Br)cnc1N. The summed E-state index contributed by atoms with van der Waals surface area (Å²) in [4.78, 5) is 4.21. The summed E-state index contributed by atoms with van der Waals surface area (Å²) in [6.45, 7) is 1.22. The molecule has 4 heteroatoms. The Labute approximate surface area is 99.0 Å². The average molecular weight is 271 g/mol. The van der Waals surface area contributed by atoms with Gasteiger partial charge >= 0.3 is 0 Å². The van der Waals surface area contributed by atoms with Crippen LogP contribution < -0.4 is 5.73 Å². The molecule has 0 amide bonds. The summed E-state index contributed by atoms with van der Waals surface area (Å²) in [5.74, 6) is 0.677. The molecule has 0 spiro atoms. The van der Waals surface area contributed by atoms with E-state index >= 15 is 0 Å². The van der Waals surface area contributed by atoms with Gasteiger partial charge in [0.2, 0.25) is 0 Å². The van der Waals surface area contributed by atoms with E-state index in [1.165, 1.54) is 24.9 Å². The van der Waals surface area contributed by atoms with Crippen molar-refractivity contribution in [2.24, 2.45) is 0 Å². The molecule has 0 radical (unpaired) electrons. The molecule has 0 bridgehead atoms. The zero-order chi connectivity index (χ0) is 11.1. The van der Waals surface area contributed by atoms with Crippen molar-refractivity contribution >= 4 is 21.7 Å². The number of quaternary nitrogens is 1. The number of rotatable bonds is 1. The van der Waals surface area contributed by atoms with Gasteiger partial charge in [0, 0.05) is 23.5 Å². The Morgan fingerprint density at radius 1 is 1.53 bits per heavy atom. The normalized spacial score (nSPS) is 24.3. The van der Waals surface area contributed by atoms with E-state index in [0.29, 0.717) is 11.9 Å². The van der Waals surface area contributed by atoms with Gasteiger partial charge in [-0.15, -0.1) is 0 Å². The first-order valence-electron chi connectivity index (χ1n) is 5.24. The molecule has 3 nitrogen and oxygen atoms in total. The van der Waals surface area contributed by atoms with E-state index in [4.69, 9.17) is 5.73 Å². The van der Waals surface area contributed by atoms with Crippen molar-refractivity contribution in [3.63, 3.8) is 0 Å². The molecule has 2 rings (SSSR count). The van der Waals surface area contributed by atoms with E-state index in [2.05, 4.69) is 41.1 Å². The van der Waals surface area contributed by atoms with E-state index in [0.717, 1.165) is 8.96 Å². The smallest absolute Gasteiger partial charge is 0.132 e. The first-order valence-corrected chi connectivity index (χ1v) is 6.03. The maximum absolute atomic E-state index is 5.95. The molecule has 1 saturated heterocycles. The van der Waals surface area contributed by atoms with E-state index in [-0.39, 0.29) is 0 Å². The van der Waals surface area contributed by atoms with Gasteiger partial charge in [-0.3, -0.25) is 0 Å². The van der Waals surface area contributed by atoms with Crippen LogP contribution in [-0.2, 0) is 0 Å². The van der Waals surface area contributed by atoms with Crippen molar-refractivity contribution in [3.05, 3.63) is 22.3 Å². The number of anilines is 1. The molecule has 15 heavy (non-hydrogen) atoms. The molecule has 0 aromatic carbocycles. The van der Waals surface area contributed by atoms with Crippen LogP contribution in [0.15, 0.2) is 16.7 Å². The highest BCUT2D eigenvalue weighted by Crippen LogP contribution is 2.38. The monoisotopic (exact) mass is 270 g/mol. The third-order valence-corrected chi connectivity index (χ3v) is 3.76. The summed E-state index contributed by atoms with van der Waals surface area (Å²) in [6.07, 6.45) is 4.23. The minimum atomic E-state index is 0.495.